The van der Waals surface area contributed by atoms with E-state index in [9.17, 15) is 18.0 Å². The number of hydrogen-bond acceptors (Lipinski definition) is 5. The molecule has 10 heteroatoms. The molecule has 0 saturated carbocycles. The average molecular weight is 432 g/mol. The van der Waals surface area contributed by atoms with Crippen molar-refractivity contribution in [3.63, 3.8) is 0 Å². The summed E-state index contributed by atoms with van der Waals surface area (Å²) < 4.78 is 43.5. The van der Waals surface area contributed by atoms with Crippen molar-refractivity contribution in [2.24, 2.45) is 5.92 Å². The molecular formula is C20H27F3N2O5. The summed E-state index contributed by atoms with van der Waals surface area (Å²) in [6, 6.07) is 10.3. The Morgan fingerprint density at radius 1 is 1.27 bits per heavy atom. The van der Waals surface area contributed by atoms with Crippen molar-refractivity contribution in [3.8, 4) is 0 Å². The van der Waals surface area contributed by atoms with Crippen molar-refractivity contribution >= 4 is 11.9 Å². The first-order chi connectivity index (χ1) is 14.2. The molecule has 0 unspecified atom stereocenters. The van der Waals surface area contributed by atoms with Gasteiger partial charge in [0.1, 0.15) is 0 Å². The number of carboxylic acid groups (broad SMARTS) is 1. The molecule has 0 spiro atoms. The van der Waals surface area contributed by atoms with Crippen LogP contribution in [0.3, 0.4) is 0 Å². The fourth-order valence-electron chi connectivity index (χ4n) is 3.53. The third-order valence-corrected chi connectivity index (χ3v) is 4.99. The van der Waals surface area contributed by atoms with Crippen molar-refractivity contribution < 1.29 is 37.3 Å². The molecule has 1 aromatic carbocycles. The molecule has 168 valence electrons. The zero-order valence-electron chi connectivity index (χ0n) is 16.7. The number of carbonyl (C=O) groups is 2. The maximum atomic E-state index is 11.4. The SMILES string of the molecule is CNC(=O)C[C@H]1C[C@H]2CN(CCOCc3ccccc3)C[C@H]2O1.O=C(O)C(F)(F)F. The third-order valence-electron chi connectivity index (χ3n) is 4.99. The number of nitrogens with one attached hydrogen (secondary N) is 1. The molecule has 3 rings (SSSR count). The molecule has 2 heterocycles. The Hall–Kier alpha value is -2.17. The van der Waals surface area contributed by atoms with Gasteiger partial charge in [-0.2, -0.15) is 13.2 Å². The van der Waals surface area contributed by atoms with Crippen LogP contribution in [0.2, 0.25) is 0 Å². The summed E-state index contributed by atoms with van der Waals surface area (Å²) in [6.07, 6.45) is -3.21. The highest BCUT2D eigenvalue weighted by Gasteiger charge is 2.42. The molecule has 1 amide bonds. The topological polar surface area (TPSA) is 88.1 Å². The second kappa shape index (κ2) is 11.3. The van der Waals surface area contributed by atoms with Gasteiger partial charge in [0.2, 0.25) is 5.91 Å². The number of alkyl halides is 3. The van der Waals surface area contributed by atoms with Gasteiger partial charge in [0.25, 0.3) is 0 Å². The number of hydrogen-bond donors (Lipinski definition) is 2. The van der Waals surface area contributed by atoms with Crippen molar-refractivity contribution in [2.45, 2.75) is 37.8 Å². The van der Waals surface area contributed by atoms with Crippen LogP contribution in [0.25, 0.3) is 0 Å². The van der Waals surface area contributed by atoms with Crippen LogP contribution in [0.4, 0.5) is 13.2 Å². The summed E-state index contributed by atoms with van der Waals surface area (Å²) in [6.45, 7) is 4.39. The molecule has 0 radical (unpaired) electrons. The minimum Gasteiger partial charge on any atom is -0.475 e. The van der Waals surface area contributed by atoms with Crippen LogP contribution >= 0.6 is 0 Å². The first-order valence-corrected chi connectivity index (χ1v) is 9.69. The van der Waals surface area contributed by atoms with Gasteiger partial charge >= 0.3 is 12.1 Å². The number of nitrogens with zero attached hydrogens (tertiary/aromatic N) is 1. The number of carboxylic acids is 1. The van der Waals surface area contributed by atoms with E-state index in [0.29, 0.717) is 25.0 Å². The number of carbonyl (C=O) groups excluding carboxylic acids is 1. The molecule has 7 nitrogen and oxygen atoms in total. The van der Waals surface area contributed by atoms with Crippen LogP contribution in [0.5, 0.6) is 0 Å². The summed E-state index contributed by atoms with van der Waals surface area (Å²) >= 11 is 0. The van der Waals surface area contributed by atoms with Gasteiger partial charge in [-0.15, -0.1) is 0 Å². The van der Waals surface area contributed by atoms with Crippen molar-refractivity contribution in [3.05, 3.63) is 35.9 Å². The predicted octanol–water partition coefficient (Wildman–Crippen LogP) is 2.06. The van der Waals surface area contributed by atoms with E-state index in [1.54, 1.807) is 7.05 Å². The monoisotopic (exact) mass is 432 g/mol. The number of fused-ring (bicyclic) bond motifs is 1. The van der Waals surface area contributed by atoms with Gasteiger partial charge in [-0.3, -0.25) is 9.69 Å². The minimum atomic E-state index is -5.08. The molecule has 2 N–H and O–H groups in total. The molecule has 2 aliphatic heterocycles. The van der Waals surface area contributed by atoms with E-state index in [-0.39, 0.29) is 12.0 Å². The van der Waals surface area contributed by atoms with Crippen LogP contribution in [0.1, 0.15) is 18.4 Å². The highest BCUT2D eigenvalue weighted by atomic mass is 19.4. The fourth-order valence-corrected chi connectivity index (χ4v) is 3.53. The summed E-state index contributed by atoms with van der Waals surface area (Å²) in [5.74, 6) is -2.12. The zero-order valence-corrected chi connectivity index (χ0v) is 16.7. The van der Waals surface area contributed by atoms with Crippen LogP contribution < -0.4 is 5.32 Å². The predicted molar refractivity (Wildman–Crippen MR) is 102 cm³/mol. The first kappa shape index (κ1) is 24.1. The van der Waals surface area contributed by atoms with Crippen molar-refractivity contribution in [1.29, 1.82) is 0 Å². The van der Waals surface area contributed by atoms with Gasteiger partial charge in [0.15, 0.2) is 0 Å². The molecular weight excluding hydrogens is 405 g/mol. The third kappa shape index (κ3) is 7.92. The number of benzene rings is 1. The van der Waals surface area contributed by atoms with Crippen LogP contribution in [-0.2, 0) is 25.7 Å². The normalized spacial score (nSPS) is 23.4. The number of halogens is 3. The largest absolute Gasteiger partial charge is 0.490 e. The number of ether oxygens (including phenoxy) is 2. The molecule has 0 aromatic heterocycles. The molecule has 0 aliphatic carbocycles. The molecule has 1 aromatic rings. The molecule has 2 aliphatic rings. The van der Waals surface area contributed by atoms with Gasteiger partial charge in [-0.05, 0) is 12.0 Å². The van der Waals surface area contributed by atoms with E-state index in [1.165, 1.54) is 5.56 Å². The Morgan fingerprint density at radius 3 is 2.50 bits per heavy atom. The summed E-state index contributed by atoms with van der Waals surface area (Å²) in [7, 11) is 1.68. The van der Waals surface area contributed by atoms with Gasteiger partial charge in [0, 0.05) is 32.6 Å². The summed E-state index contributed by atoms with van der Waals surface area (Å²) in [4.78, 5) is 22.7. The smallest absolute Gasteiger partial charge is 0.475 e. The lowest BCUT2D eigenvalue weighted by atomic mass is 10.0. The zero-order chi connectivity index (χ0) is 22.1. The van der Waals surface area contributed by atoms with Crippen LogP contribution in [-0.4, -0.2) is 73.6 Å². The molecule has 30 heavy (non-hydrogen) atoms. The number of aliphatic carboxylic acids is 1. The average Bonchev–Trinajstić information content (AvgIpc) is 3.23. The minimum absolute atomic E-state index is 0.0705. The lowest BCUT2D eigenvalue weighted by Gasteiger charge is -2.18. The van der Waals surface area contributed by atoms with E-state index in [2.05, 4.69) is 22.3 Å². The van der Waals surface area contributed by atoms with Crippen molar-refractivity contribution in [1.82, 2.24) is 10.2 Å². The summed E-state index contributed by atoms with van der Waals surface area (Å²) in [5, 5.41) is 9.79. The van der Waals surface area contributed by atoms with E-state index in [4.69, 9.17) is 19.4 Å². The Labute approximate surface area is 173 Å². The van der Waals surface area contributed by atoms with E-state index < -0.39 is 12.1 Å². The van der Waals surface area contributed by atoms with E-state index in [0.717, 1.165) is 32.7 Å². The van der Waals surface area contributed by atoms with E-state index >= 15 is 0 Å². The number of likely N-dealkylation sites (tertiary alicyclic amines) is 1. The highest BCUT2D eigenvalue weighted by Crippen LogP contribution is 2.34. The fraction of sp³-hybridized carbons (Fsp3) is 0.600. The first-order valence-electron chi connectivity index (χ1n) is 9.69. The number of amides is 1. The lowest BCUT2D eigenvalue weighted by Crippen LogP contribution is -2.30. The Bertz CT molecular complexity index is 673. The molecule has 2 saturated heterocycles. The Kier molecular flexibility index (Phi) is 9.07. The molecule has 2 fully saturated rings. The molecule has 3 atom stereocenters. The maximum absolute atomic E-state index is 11.4. The Balaban J connectivity index is 0.000000396. The maximum Gasteiger partial charge on any atom is 0.490 e. The number of rotatable bonds is 7. The van der Waals surface area contributed by atoms with E-state index in [1.807, 2.05) is 18.2 Å². The van der Waals surface area contributed by atoms with Gasteiger partial charge in [-0.25, -0.2) is 4.79 Å². The van der Waals surface area contributed by atoms with Crippen LogP contribution in [0, 0.1) is 5.92 Å². The van der Waals surface area contributed by atoms with Gasteiger partial charge in [0.05, 0.1) is 31.8 Å². The van der Waals surface area contributed by atoms with Gasteiger partial charge in [-0.1, -0.05) is 30.3 Å². The highest BCUT2D eigenvalue weighted by molar-refractivity contribution is 5.76. The standard InChI is InChI=1S/C18H26N2O3.C2HF3O2/c1-19-18(21)10-16-9-15-11-20(12-17(15)23-16)7-8-22-13-14-5-3-2-4-6-14;3-2(4,5)1(6)7/h2-6,15-17H,7-13H2,1H3,(H,19,21);(H,6,7)/t15-,16+,17+;/m0./s1. The van der Waals surface area contributed by atoms with Gasteiger partial charge < -0.3 is 19.9 Å². The lowest BCUT2D eigenvalue weighted by molar-refractivity contribution is -0.192. The van der Waals surface area contributed by atoms with Crippen LogP contribution in [0.15, 0.2) is 30.3 Å². The second-order valence-corrected chi connectivity index (χ2v) is 7.27. The quantitative estimate of drug-likeness (QED) is 0.642. The van der Waals surface area contributed by atoms with Crippen molar-refractivity contribution in [2.75, 3.05) is 33.3 Å². The summed E-state index contributed by atoms with van der Waals surface area (Å²) in [5.41, 5.74) is 1.21. The second-order valence-electron chi connectivity index (χ2n) is 7.27. The Morgan fingerprint density at radius 2 is 1.93 bits per heavy atom. The molecule has 0 bridgehead atoms.